The van der Waals surface area contributed by atoms with Gasteiger partial charge in [0.2, 0.25) is 0 Å². The van der Waals surface area contributed by atoms with Crippen molar-refractivity contribution in [3.05, 3.63) is 237 Å². The molecule has 0 amide bonds. The molecule has 0 spiro atoms. The smallest absolute Gasteiger partial charge is 0.343 e. The lowest BCUT2D eigenvalue weighted by molar-refractivity contribution is -0.154. The number of carbonyl (C=O) groups is 3. The van der Waals surface area contributed by atoms with Crippen molar-refractivity contribution in [3.63, 3.8) is 0 Å². The predicted molar refractivity (Wildman–Crippen MR) is 494 cm³/mol. The second-order valence-electron chi connectivity index (χ2n) is 31.9. The summed E-state index contributed by atoms with van der Waals surface area (Å²) in [6.45, 7) is 23.3. The van der Waals surface area contributed by atoms with Crippen LogP contribution in [0, 0.1) is 0 Å². The fraction of sp³-hybridized carbons (Fsp3) is 0.457. The van der Waals surface area contributed by atoms with Gasteiger partial charge >= 0.3 is 17.9 Å². The van der Waals surface area contributed by atoms with E-state index in [1.165, 1.54) is 96.3 Å². The van der Waals surface area contributed by atoms with Crippen LogP contribution in [0.15, 0.2) is 203 Å². The average Bonchev–Trinajstić information content (AvgIpc) is 0.848. The Hall–Kier alpha value is -10.5. The third-order valence-corrected chi connectivity index (χ3v) is 21.8. The highest BCUT2D eigenvalue weighted by Gasteiger charge is 2.19. The van der Waals surface area contributed by atoms with E-state index in [0.29, 0.717) is 73.6 Å². The van der Waals surface area contributed by atoms with Gasteiger partial charge in [-0.05, 0) is 164 Å². The standard InChI is InChI=1S/C105H134N6O12/c1-7-10-31-40-99-106-75-90(76-107-99)87-49-61-96(62-50-87)121-103(112)81(4)84-43-55-93(56-44-84)116-69-35-26-20-14-13-19-25-34-68-115-74-67-102(119-72-38-29-23-17-15-21-27-36-70-117-94-57-45-85(46-58-94)82(5)104(113)122-97-63-51-88(52-64-97)91-77-108-100(109-78-91)41-32-11-8-2)120-73-39-30-24-18-16-22-28-37-71-118-95-59-47-86(48-60-95)83(6)105(114)123-98-65-53-89(54-66-98)92-79-110-101(111-80-92)42-33-12-9-3/h43-66,75-80,102H,4-42,67-74H2,1-3H3. The Balaban J connectivity index is 0.588. The summed E-state index contributed by atoms with van der Waals surface area (Å²) in [7, 11) is 0. The van der Waals surface area contributed by atoms with Crippen LogP contribution < -0.4 is 28.4 Å². The Bertz CT molecular complexity index is 4280. The molecular formula is C105H134N6O12. The summed E-state index contributed by atoms with van der Waals surface area (Å²) < 4.78 is 54.1. The highest BCUT2D eigenvalue weighted by Crippen LogP contribution is 2.30. The van der Waals surface area contributed by atoms with Gasteiger partial charge in [0.1, 0.15) is 52.0 Å². The molecule has 0 saturated carbocycles. The van der Waals surface area contributed by atoms with Gasteiger partial charge in [-0.2, -0.15) is 0 Å². The zero-order chi connectivity index (χ0) is 86.4. The van der Waals surface area contributed by atoms with Crippen molar-refractivity contribution >= 4 is 34.6 Å². The minimum Gasteiger partial charge on any atom is -0.494 e. The second-order valence-corrected chi connectivity index (χ2v) is 31.9. The van der Waals surface area contributed by atoms with Crippen molar-refractivity contribution in [1.29, 1.82) is 0 Å². The average molecular weight is 1670 g/mol. The van der Waals surface area contributed by atoms with E-state index in [0.717, 1.165) is 216 Å². The van der Waals surface area contributed by atoms with Crippen LogP contribution in [-0.2, 0) is 47.9 Å². The molecule has 9 aromatic rings. The number of aromatic nitrogens is 6. The first-order chi connectivity index (χ1) is 60.4. The van der Waals surface area contributed by atoms with E-state index < -0.39 is 17.9 Å². The SMILES string of the molecule is C=C(C(=O)Oc1ccc(-c2cnc(CCCCC)nc2)cc1)c1ccc(OCCCCCCCCCCOCCC(OCCCCCCCCCCOc2ccc(C(=C)C(=O)Oc3ccc(-c4cnc(CCCCC)nc4)cc3)cc2)OCCCCCCCCCCOc2ccc(C(=C)C(=O)Oc3ccc(-c4cnc(CCCCC)nc4)cc3)cc2)cc1. The minimum atomic E-state index is -0.504. The number of benzene rings is 6. The third kappa shape index (κ3) is 37.2. The molecule has 0 bridgehead atoms. The molecule has 656 valence electrons. The quantitative estimate of drug-likeness (QED) is 0.0114. The summed E-state index contributed by atoms with van der Waals surface area (Å²) in [6.07, 6.45) is 51.5. The monoisotopic (exact) mass is 1670 g/mol. The Kier molecular flexibility index (Phi) is 45.2. The normalized spacial score (nSPS) is 11.2. The molecular weight excluding hydrogens is 1540 g/mol. The molecule has 6 aromatic carbocycles. The van der Waals surface area contributed by atoms with E-state index in [-0.39, 0.29) is 23.0 Å². The highest BCUT2D eigenvalue weighted by atomic mass is 16.7. The van der Waals surface area contributed by atoms with Crippen LogP contribution >= 0.6 is 0 Å². The molecule has 18 nitrogen and oxygen atoms in total. The second kappa shape index (κ2) is 57.8. The molecule has 0 unspecified atom stereocenters. The summed E-state index contributed by atoms with van der Waals surface area (Å²) in [5.74, 6) is 4.68. The molecule has 0 atom stereocenters. The molecule has 0 radical (unpaired) electrons. The first-order valence-corrected chi connectivity index (χ1v) is 45.9. The topological polar surface area (TPSA) is 212 Å². The number of rotatable bonds is 65. The molecule has 123 heavy (non-hydrogen) atoms. The van der Waals surface area contributed by atoms with Crippen molar-refractivity contribution in [3.8, 4) is 67.9 Å². The molecule has 0 aliphatic rings. The Morgan fingerprint density at radius 3 is 0.756 bits per heavy atom. The maximum atomic E-state index is 13.1. The van der Waals surface area contributed by atoms with E-state index in [1.807, 2.05) is 146 Å². The maximum absolute atomic E-state index is 13.1. The van der Waals surface area contributed by atoms with Crippen LogP contribution in [0.4, 0.5) is 0 Å². The molecule has 0 aliphatic carbocycles. The van der Waals surface area contributed by atoms with Gasteiger partial charge in [-0.1, -0.05) is 267 Å². The molecule has 0 aliphatic heterocycles. The van der Waals surface area contributed by atoms with Gasteiger partial charge in [-0.15, -0.1) is 0 Å². The number of nitrogens with zero attached hydrogens (tertiary/aromatic N) is 6. The van der Waals surface area contributed by atoms with Gasteiger partial charge in [0.05, 0.1) is 43.1 Å². The zero-order valence-corrected chi connectivity index (χ0v) is 73.7. The van der Waals surface area contributed by atoms with Crippen LogP contribution in [0.1, 0.15) is 273 Å². The van der Waals surface area contributed by atoms with E-state index in [2.05, 4.69) is 70.4 Å². The van der Waals surface area contributed by atoms with Gasteiger partial charge in [-0.3, -0.25) is 0 Å². The first-order valence-electron chi connectivity index (χ1n) is 45.9. The van der Waals surface area contributed by atoms with Crippen molar-refractivity contribution in [2.45, 2.75) is 265 Å². The molecule has 0 N–H and O–H groups in total. The summed E-state index contributed by atoms with van der Waals surface area (Å²) in [4.78, 5) is 66.3. The molecule has 9 rings (SSSR count). The van der Waals surface area contributed by atoms with Crippen LogP contribution in [-0.4, -0.2) is 100 Å². The number of carbonyl (C=O) groups excluding carboxylic acids is 3. The summed E-state index contributed by atoms with van der Waals surface area (Å²) >= 11 is 0. The number of hydrogen-bond acceptors (Lipinski definition) is 18. The zero-order valence-electron chi connectivity index (χ0n) is 73.7. The lowest BCUT2D eigenvalue weighted by atomic mass is 10.1. The van der Waals surface area contributed by atoms with Crippen molar-refractivity contribution < 1.29 is 57.0 Å². The predicted octanol–water partition coefficient (Wildman–Crippen LogP) is 25.8. The largest absolute Gasteiger partial charge is 0.494 e. The Morgan fingerprint density at radius 2 is 0.496 bits per heavy atom. The van der Waals surface area contributed by atoms with Crippen molar-refractivity contribution in [2.75, 3.05) is 46.2 Å². The Morgan fingerprint density at radius 1 is 0.260 bits per heavy atom. The summed E-state index contributed by atoms with van der Waals surface area (Å²) in [5.41, 5.74) is 8.47. The van der Waals surface area contributed by atoms with E-state index >= 15 is 0 Å². The molecule has 18 heteroatoms. The van der Waals surface area contributed by atoms with Gasteiger partial charge in [0.15, 0.2) is 6.29 Å². The maximum Gasteiger partial charge on any atom is 0.343 e. The van der Waals surface area contributed by atoms with Gasteiger partial charge < -0.3 is 42.6 Å². The van der Waals surface area contributed by atoms with Crippen molar-refractivity contribution in [2.24, 2.45) is 0 Å². The van der Waals surface area contributed by atoms with E-state index in [1.54, 1.807) is 36.4 Å². The molecule has 3 aromatic heterocycles. The van der Waals surface area contributed by atoms with Crippen LogP contribution in [0.25, 0.3) is 50.1 Å². The number of esters is 3. The van der Waals surface area contributed by atoms with Gasteiger partial charge in [0.25, 0.3) is 0 Å². The fourth-order valence-electron chi connectivity index (χ4n) is 14.2. The van der Waals surface area contributed by atoms with Crippen LogP contribution in [0.2, 0.25) is 0 Å². The van der Waals surface area contributed by atoms with E-state index in [4.69, 9.17) is 42.6 Å². The number of aryl methyl sites for hydroxylation is 3. The van der Waals surface area contributed by atoms with E-state index in [9.17, 15) is 14.4 Å². The number of ether oxygens (including phenoxy) is 9. The number of hydrogen-bond donors (Lipinski definition) is 0. The Labute approximate surface area is 732 Å². The highest BCUT2D eigenvalue weighted by molar-refractivity contribution is 6.17. The van der Waals surface area contributed by atoms with Crippen molar-refractivity contribution in [1.82, 2.24) is 29.9 Å². The lowest BCUT2D eigenvalue weighted by Crippen LogP contribution is -2.21. The summed E-state index contributed by atoms with van der Waals surface area (Å²) in [5, 5.41) is 0. The fourth-order valence-corrected chi connectivity index (χ4v) is 14.2. The minimum absolute atomic E-state index is 0.268. The molecule has 0 fully saturated rings. The lowest BCUT2D eigenvalue weighted by Gasteiger charge is -2.19. The van der Waals surface area contributed by atoms with Gasteiger partial charge in [-0.25, -0.2) is 44.3 Å². The molecule has 3 heterocycles. The summed E-state index contributed by atoms with van der Waals surface area (Å²) in [6, 6.07) is 44.4. The van der Waals surface area contributed by atoms with Crippen LogP contribution in [0.5, 0.6) is 34.5 Å². The van der Waals surface area contributed by atoms with Crippen LogP contribution in [0.3, 0.4) is 0 Å². The van der Waals surface area contributed by atoms with Gasteiger partial charge in [0, 0.05) is 99.4 Å². The number of unbranched alkanes of at least 4 members (excludes halogenated alkanes) is 27. The first kappa shape index (κ1) is 96.3. The third-order valence-electron chi connectivity index (χ3n) is 21.8. The molecule has 0 saturated heterocycles.